The second kappa shape index (κ2) is 4.83. The summed E-state index contributed by atoms with van der Waals surface area (Å²) in [6, 6.07) is 0. The van der Waals surface area contributed by atoms with Gasteiger partial charge in [0.1, 0.15) is 5.17 Å². The minimum atomic E-state index is 0.446. The highest BCUT2D eigenvalue weighted by molar-refractivity contribution is 6.68. The zero-order chi connectivity index (χ0) is 7.28. The first-order chi connectivity index (χ1) is 4.20. The highest BCUT2D eigenvalue weighted by Gasteiger charge is 1.88. The Kier molecular flexibility index (Phi) is 4.83. The third-order valence-electron chi connectivity index (χ3n) is 0.827. The zero-order valence-electron chi connectivity index (χ0n) is 5.49. The average molecular weight is 166 g/mol. The van der Waals surface area contributed by atoms with E-state index in [1.165, 1.54) is 0 Å². The van der Waals surface area contributed by atoms with Gasteiger partial charge in [0.05, 0.1) is 0 Å². The predicted molar refractivity (Wildman–Crippen MR) is 43.4 cm³/mol. The molecule has 0 aliphatic carbocycles. The van der Waals surface area contributed by atoms with Crippen molar-refractivity contribution in [1.82, 2.24) is 0 Å². The Hall–Kier alpha value is -0.0100. The summed E-state index contributed by atoms with van der Waals surface area (Å²) >= 11 is 11.2. The largest absolute Gasteiger partial charge is 0.276 e. The second-order valence-electron chi connectivity index (χ2n) is 1.49. The van der Waals surface area contributed by atoms with E-state index in [-0.39, 0.29) is 0 Å². The van der Waals surface area contributed by atoms with Gasteiger partial charge in [-0.05, 0) is 12.5 Å². The van der Waals surface area contributed by atoms with Crippen molar-refractivity contribution in [2.24, 2.45) is 4.99 Å². The van der Waals surface area contributed by atoms with Crippen LogP contribution in [0.3, 0.4) is 0 Å². The van der Waals surface area contributed by atoms with Crippen molar-refractivity contribution in [3.63, 3.8) is 0 Å². The fourth-order valence-corrected chi connectivity index (χ4v) is 0.587. The number of halogens is 2. The van der Waals surface area contributed by atoms with Crippen molar-refractivity contribution in [1.29, 1.82) is 0 Å². The van der Waals surface area contributed by atoms with Crippen molar-refractivity contribution < 1.29 is 0 Å². The van der Waals surface area contributed by atoms with Crippen LogP contribution in [-0.4, -0.2) is 12.2 Å². The molecule has 0 aliphatic rings. The molecule has 3 heteroatoms. The van der Waals surface area contributed by atoms with Gasteiger partial charge in [-0.1, -0.05) is 30.1 Å². The quantitative estimate of drug-likeness (QED) is 0.559. The maximum atomic E-state index is 5.63. The van der Waals surface area contributed by atoms with Gasteiger partial charge < -0.3 is 0 Å². The summed E-state index contributed by atoms with van der Waals surface area (Å²) < 4.78 is 0. The summed E-state index contributed by atoms with van der Waals surface area (Å²) in [4.78, 5) is 3.70. The molecule has 0 fully saturated rings. The SMILES string of the molecule is CC/C(Cl)=C\C(Cl)=NC. The van der Waals surface area contributed by atoms with Crippen LogP contribution in [0.2, 0.25) is 0 Å². The third kappa shape index (κ3) is 4.49. The van der Waals surface area contributed by atoms with Crippen LogP contribution in [0.4, 0.5) is 0 Å². The summed E-state index contributed by atoms with van der Waals surface area (Å²) in [7, 11) is 1.62. The fraction of sp³-hybridized carbons (Fsp3) is 0.500. The van der Waals surface area contributed by atoms with Crippen LogP contribution in [0, 0.1) is 0 Å². The molecule has 0 amide bonds. The summed E-state index contributed by atoms with van der Waals surface area (Å²) in [5.41, 5.74) is 0. The number of aliphatic imine (C=N–C) groups is 1. The van der Waals surface area contributed by atoms with E-state index in [0.717, 1.165) is 11.5 Å². The summed E-state index contributed by atoms with van der Waals surface area (Å²) in [6.07, 6.45) is 2.44. The van der Waals surface area contributed by atoms with Crippen molar-refractivity contribution in [2.75, 3.05) is 7.05 Å². The lowest BCUT2D eigenvalue weighted by Gasteiger charge is -1.88. The monoisotopic (exact) mass is 165 g/mol. The lowest BCUT2D eigenvalue weighted by atomic mass is 10.4. The second-order valence-corrected chi connectivity index (χ2v) is 2.36. The molecule has 0 spiro atoms. The summed E-state index contributed by atoms with van der Waals surface area (Å²) in [5.74, 6) is 0. The molecule has 0 saturated carbocycles. The molecule has 1 nitrogen and oxygen atoms in total. The number of hydrogen-bond acceptors (Lipinski definition) is 1. The maximum Gasteiger partial charge on any atom is 0.124 e. The Morgan fingerprint density at radius 1 is 1.56 bits per heavy atom. The molecule has 0 atom stereocenters. The minimum absolute atomic E-state index is 0.446. The molecule has 0 aliphatic heterocycles. The molecule has 9 heavy (non-hydrogen) atoms. The first kappa shape index (κ1) is 8.99. The Labute approximate surface area is 65.4 Å². The zero-order valence-corrected chi connectivity index (χ0v) is 7.00. The topological polar surface area (TPSA) is 12.4 Å². The van der Waals surface area contributed by atoms with E-state index in [1.54, 1.807) is 13.1 Å². The molecule has 0 N–H and O–H groups in total. The molecule has 0 saturated heterocycles. The van der Waals surface area contributed by atoms with Gasteiger partial charge in [0, 0.05) is 12.1 Å². The van der Waals surface area contributed by atoms with Crippen molar-refractivity contribution >= 4 is 28.4 Å². The first-order valence-corrected chi connectivity index (χ1v) is 3.44. The van der Waals surface area contributed by atoms with E-state index >= 15 is 0 Å². The number of allylic oxidation sites excluding steroid dienone is 2. The Balaban J connectivity index is 3.95. The van der Waals surface area contributed by atoms with Gasteiger partial charge in [-0.15, -0.1) is 0 Å². The molecule has 0 bridgehead atoms. The lowest BCUT2D eigenvalue weighted by molar-refractivity contribution is 1.20. The van der Waals surface area contributed by atoms with Crippen molar-refractivity contribution in [2.45, 2.75) is 13.3 Å². The molecule has 0 aromatic heterocycles. The summed E-state index contributed by atoms with van der Waals surface area (Å²) in [5, 5.41) is 1.17. The van der Waals surface area contributed by atoms with Gasteiger partial charge >= 0.3 is 0 Å². The maximum absolute atomic E-state index is 5.63. The minimum Gasteiger partial charge on any atom is -0.276 e. The van der Waals surface area contributed by atoms with Gasteiger partial charge in [-0.2, -0.15) is 0 Å². The van der Waals surface area contributed by atoms with E-state index in [2.05, 4.69) is 4.99 Å². The van der Waals surface area contributed by atoms with Crippen LogP contribution in [0.5, 0.6) is 0 Å². The van der Waals surface area contributed by atoms with Crippen molar-refractivity contribution in [3.8, 4) is 0 Å². The van der Waals surface area contributed by atoms with Crippen LogP contribution in [0.1, 0.15) is 13.3 Å². The summed E-state index contributed by atoms with van der Waals surface area (Å²) in [6.45, 7) is 1.96. The van der Waals surface area contributed by atoms with Crippen LogP contribution < -0.4 is 0 Å². The van der Waals surface area contributed by atoms with E-state index in [4.69, 9.17) is 23.2 Å². The van der Waals surface area contributed by atoms with Crippen molar-refractivity contribution in [3.05, 3.63) is 11.1 Å². The van der Waals surface area contributed by atoms with E-state index in [1.807, 2.05) is 6.92 Å². The number of rotatable bonds is 2. The Morgan fingerprint density at radius 3 is 2.44 bits per heavy atom. The van der Waals surface area contributed by atoms with Gasteiger partial charge in [0.15, 0.2) is 0 Å². The lowest BCUT2D eigenvalue weighted by Crippen LogP contribution is -1.79. The van der Waals surface area contributed by atoms with E-state index < -0.39 is 0 Å². The Morgan fingerprint density at radius 2 is 2.11 bits per heavy atom. The Bertz CT molecular complexity index is 138. The molecule has 0 radical (unpaired) electrons. The smallest absolute Gasteiger partial charge is 0.124 e. The molecule has 0 aromatic rings. The molecule has 0 rings (SSSR count). The molecule has 52 valence electrons. The van der Waals surface area contributed by atoms with Gasteiger partial charge in [0.2, 0.25) is 0 Å². The van der Waals surface area contributed by atoms with Crippen LogP contribution >= 0.6 is 23.2 Å². The van der Waals surface area contributed by atoms with E-state index in [9.17, 15) is 0 Å². The highest BCUT2D eigenvalue weighted by Crippen LogP contribution is 2.06. The van der Waals surface area contributed by atoms with E-state index in [0.29, 0.717) is 5.17 Å². The van der Waals surface area contributed by atoms with Crippen LogP contribution in [0.25, 0.3) is 0 Å². The molecular weight excluding hydrogens is 157 g/mol. The fourth-order valence-electron chi connectivity index (χ4n) is 0.296. The third-order valence-corrected chi connectivity index (χ3v) is 1.48. The van der Waals surface area contributed by atoms with Crippen LogP contribution in [0.15, 0.2) is 16.1 Å². The highest BCUT2D eigenvalue weighted by atomic mass is 35.5. The van der Waals surface area contributed by atoms with Gasteiger partial charge in [-0.3, -0.25) is 4.99 Å². The van der Waals surface area contributed by atoms with Gasteiger partial charge in [0.25, 0.3) is 0 Å². The number of hydrogen-bond donors (Lipinski definition) is 0. The standard InChI is InChI=1S/C6H9Cl2N/c1-3-5(7)4-6(8)9-2/h4H,3H2,1-2H3/b5-4+,9-6?. The van der Waals surface area contributed by atoms with Gasteiger partial charge in [-0.25, -0.2) is 0 Å². The molecular formula is C6H9Cl2N. The predicted octanol–water partition coefficient (Wildman–Crippen LogP) is 2.79. The number of nitrogens with zero attached hydrogens (tertiary/aromatic N) is 1. The average Bonchev–Trinajstić information content (AvgIpc) is 1.87. The molecule has 0 aromatic carbocycles. The first-order valence-electron chi connectivity index (χ1n) is 2.69. The molecule has 0 unspecified atom stereocenters. The molecule has 0 heterocycles. The van der Waals surface area contributed by atoms with Crippen LogP contribution in [-0.2, 0) is 0 Å². The normalized spacial score (nSPS) is 14.2.